The van der Waals surface area contributed by atoms with Crippen LogP contribution in [-0.2, 0) is 11.3 Å². The van der Waals surface area contributed by atoms with E-state index in [0.29, 0.717) is 6.61 Å². The first kappa shape index (κ1) is 15.5. The second-order valence-corrected chi connectivity index (χ2v) is 4.97. The van der Waals surface area contributed by atoms with Gasteiger partial charge in [0.1, 0.15) is 0 Å². The van der Waals surface area contributed by atoms with Crippen molar-refractivity contribution in [1.82, 2.24) is 5.32 Å². The number of rotatable bonds is 6. The lowest BCUT2D eigenvalue weighted by Gasteiger charge is -2.13. The Morgan fingerprint density at radius 1 is 1.32 bits per heavy atom. The van der Waals surface area contributed by atoms with Crippen molar-refractivity contribution >= 4 is 11.7 Å². The van der Waals surface area contributed by atoms with Gasteiger partial charge in [0, 0.05) is 11.7 Å². The molecule has 0 radical (unpaired) electrons. The molecule has 0 heterocycles. The topological polar surface area (TPSA) is 50.4 Å². The Hall–Kier alpha value is -1.55. The minimum Gasteiger partial charge on any atom is -0.374 e. The molecule has 1 rings (SSSR count). The maximum Gasteiger partial charge on any atom is 0.319 e. The number of carbonyl (C=O) groups is 1. The average Bonchev–Trinajstić information content (AvgIpc) is 2.36. The highest BCUT2D eigenvalue weighted by molar-refractivity contribution is 5.89. The molecule has 0 saturated carbocycles. The zero-order valence-corrected chi connectivity index (χ0v) is 12.2. The highest BCUT2D eigenvalue weighted by Crippen LogP contribution is 2.12. The van der Waals surface area contributed by atoms with Gasteiger partial charge in [0.15, 0.2) is 0 Å². The van der Waals surface area contributed by atoms with E-state index in [1.807, 2.05) is 52.0 Å². The van der Waals surface area contributed by atoms with Gasteiger partial charge in [-0.2, -0.15) is 0 Å². The molecule has 1 aromatic carbocycles. The summed E-state index contributed by atoms with van der Waals surface area (Å²) >= 11 is 0. The highest BCUT2D eigenvalue weighted by atomic mass is 16.5. The van der Waals surface area contributed by atoms with Gasteiger partial charge in [0.25, 0.3) is 0 Å². The monoisotopic (exact) mass is 264 g/mol. The van der Waals surface area contributed by atoms with E-state index in [1.54, 1.807) is 0 Å². The Morgan fingerprint density at radius 3 is 2.68 bits per heavy atom. The van der Waals surface area contributed by atoms with E-state index in [4.69, 9.17) is 4.74 Å². The molecule has 0 aliphatic carbocycles. The molecular weight excluding hydrogens is 240 g/mol. The molecule has 4 nitrogen and oxygen atoms in total. The van der Waals surface area contributed by atoms with E-state index in [-0.39, 0.29) is 18.2 Å². The second-order valence-electron chi connectivity index (χ2n) is 4.97. The van der Waals surface area contributed by atoms with Crippen LogP contribution in [0.2, 0.25) is 0 Å². The molecule has 0 spiro atoms. The summed E-state index contributed by atoms with van der Waals surface area (Å²) in [7, 11) is 0. The van der Waals surface area contributed by atoms with Crippen LogP contribution < -0.4 is 10.6 Å². The van der Waals surface area contributed by atoms with Gasteiger partial charge >= 0.3 is 6.03 Å². The first-order chi connectivity index (χ1) is 9.01. The largest absolute Gasteiger partial charge is 0.374 e. The van der Waals surface area contributed by atoms with Crippen molar-refractivity contribution < 1.29 is 9.53 Å². The van der Waals surface area contributed by atoms with Crippen molar-refractivity contribution in [2.45, 2.75) is 52.9 Å². The lowest BCUT2D eigenvalue weighted by atomic mass is 10.2. The Morgan fingerprint density at radius 2 is 2.05 bits per heavy atom. The van der Waals surface area contributed by atoms with Gasteiger partial charge in [0.2, 0.25) is 0 Å². The third-order valence-electron chi connectivity index (χ3n) is 2.76. The van der Waals surface area contributed by atoms with Crippen molar-refractivity contribution in [1.29, 1.82) is 0 Å². The van der Waals surface area contributed by atoms with E-state index in [1.165, 1.54) is 0 Å². The number of carbonyl (C=O) groups excluding carboxylic acids is 1. The van der Waals surface area contributed by atoms with Crippen LogP contribution >= 0.6 is 0 Å². The fraction of sp³-hybridized carbons (Fsp3) is 0.533. The van der Waals surface area contributed by atoms with Crippen LogP contribution in [0.1, 0.15) is 39.7 Å². The van der Waals surface area contributed by atoms with Gasteiger partial charge in [-0.3, -0.25) is 0 Å². The third-order valence-corrected chi connectivity index (χ3v) is 2.76. The Kier molecular flexibility index (Phi) is 6.36. The fourth-order valence-corrected chi connectivity index (χ4v) is 1.49. The van der Waals surface area contributed by atoms with Gasteiger partial charge in [-0.15, -0.1) is 0 Å². The lowest BCUT2D eigenvalue weighted by Crippen LogP contribution is -2.35. The lowest BCUT2D eigenvalue weighted by molar-refractivity contribution is 0.0657. The molecule has 4 heteroatoms. The smallest absolute Gasteiger partial charge is 0.319 e. The third kappa shape index (κ3) is 6.25. The number of hydrogen-bond acceptors (Lipinski definition) is 2. The van der Waals surface area contributed by atoms with Crippen LogP contribution in [0.3, 0.4) is 0 Å². The minimum absolute atomic E-state index is 0.170. The molecule has 0 fully saturated rings. The predicted octanol–water partition coefficient (Wildman–Crippen LogP) is 3.53. The molecule has 1 aromatic rings. The van der Waals surface area contributed by atoms with Crippen molar-refractivity contribution in [3.05, 3.63) is 29.8 Å². The van der Waals surface area contributed by atoms with Crippen LogP contribution in [0.25, 0.3) is 0 Å². The van der Waals surface area contributed by atoms with Crippen LogP contribution in [0, 0.1) is 0 Å². The number of urea groups is 1. The minimum atomic E-state index is -0.170. The standard InChI is InChI=1S/C15H24N2O2/c1-5-12(4)16-15(18)17-14-8-6-7-13(9-14)10-19-11(2)3/h6-9,11-12H,5,10H2,1-4H3,(H2,16,17,18). The number of anilines is 1. The molecule has 0 aliphatic heterocycles. The predicted molar refractivity (Wildman–Crippen MR) is 78.3 cm³/mol. The van der Waals surface area contributed by atoms with Crippen molar-refractivity contribution in [2.75, 3.05) is 5.32 Å². The summed E-state index contributed by atoms with van der Waals surface area (Å²) in [5.74, 6) is 0. The first-order valence-electron chi connectivity index (χ1n) is 6.79. The molecule has 19 heavy (non-hydrogen) atoms. The number of benzene rings is 1. The maximum atomic E-state index is 11.7. The second kappa shape index (κ2) is 7.79. The van der Waals surface area contributed by atoms with Gasteiger partial charge in [-0.05, 0) is 44.9 Å². The summed E-state index contributed by atoms with van der Waals surface area (Å²) in [6.07, 6.45) is 1.11. The molecule has 106 valence electrons. The first-order valence-corrected chi connectivity index (χ1v) is 6.79. The molecule has 2 amide bonds. The molecule has 1 atom stereocenters. The van der Waals surface area contributed by atoms with Gasteiger partial charge in [-0.1, -0.05) is 19.1 Å². The zero-order chi connectivity index (χ0) is 14.3. The summed E-state index contributed by atoms with van der Waals surface area (Å²) < 4.78 is 5.54. The summed E-state index contributed by atoms with van der Waals surface area (Å²) in [5.41, 5.74) is 1.83. The molecule has 0 aromatic heterocycles. The summed E-state index contributed by atoms with van der Waals surface area (Å²) in [4.78, 5) is 11.7. The highest BCUT2D eigenvalue weighted by Gasteiger charge is 2.05. The average molecular weight is 264 g/mol. The number of hydrogen-bond donors (Lipinski definition) is 2. The summed E-state index contributed by atoms with van der Waals surface area (Å²) in [6.45, 7) is 8.57. The van der Waals surface area contributed by atoms with Crippen LogP contribution in [0.4, 0.5) is 10.5 Å². The Labute approximate surface area is 115 Å². The molecular formula is C15H24N2O2. The van der Waals surface area contributed by atoms with Crippen LogP contribution in [0.15, 0.2) is 24.3 Å². The number of amides is 2. The maximum absolute atomic E-state index is 11.7. The fourth-order valence-electron chi connectivity index (χ4n) is 1.49. The molecule has 0 bridgehead atoms. The quantitative estimate of drug-likeness (QED) is 0.825. The van der Waals surface area contributed by atoms with E-state index in [2.05, 4.69) is 10.6 Å². The normalized spacial score (nSPS) is 12.3. The SMILES string of the molecule is CCC(C)NC(=O)Nc1cccc(COC(C)C)c1. The van der Waals surface area contributed by atoms with Gasteiger partial charge < -0.3 is 15.4 Å². The van der Waals surface area contributed by atoms with E-state index < -0.39 is 0 Å². The van der Waals surface area contributed by atoms with Gasteiger partial charge in [0.05, 0.1) is 12.7 Å². The van der Waals surface area contributed by atoms with Crippen molar-refractivity contribution in [3.8, 4) is 0 Å². The Balaban J connectivity index is 2.54. The van der Waals surface area contributed by atoms with E-state index in [0.717, 1.165) is 17.7 Å². The molecule has 1 unspecified atom stereocenters. The molecule has 2 N–H and O–H groups in total. The van der Waals surface area contributed by atoms with Gasteiger partial charge in [-0.25, -0.2) is 4.79 Å². The van der Waals surface area contributed by atoms with E-state index >= 15 is 0 Å². The van der Waals surface area contributed by atoms with Crippen molar-refractivity contribution in [3.63, 3.8) is 0 Å². The van der Waals surface area contributed by atoms with E-state index in [9.17, 15) is 4.79 Å². The van der Waals surface area contributed by atoms with Crippen LogP contribution in [-0.4, -0.2) is 18.2 Å². The summed E-state index contributed by atoms with van der Waals surface area (Å²) in [5, 5.41) is 5.70. The number of nitrogens with one attached hydrogen (secondary N) is 2. The van der Waals surface area contributed by atoms with Crippen LogP contribution in [0.5, 0.6) is 0 Å². The summed E-state index contributed by atoms with van der Waals surface area (Å²) in [6, 6.07) is 7.70. The Bertz CT molecular complexity index is 405. The molecule has 0 aliphatic rings. The zero-order valence-electron chi connectivity index (χ0n) is 12.2. The van der Waals surface area contributed by atoms with Crippen molar-refractivity contribution in [2.24, 2.45) is 0 Å². The number of ether oxygens (including phenoxy) is 1. The molecule has 0 saturated heterocycles.